The van der Waals surface area contributed by atoms with Crippen LogP contribution < -0.4 is 25.4 Å². The van der Waals surface area contributed by atoms with Crippen molar-refractivity contribution in [2.24, 2.45) is 0 Å². The molecule has 11 heteroatoms. The van der Waals surface area contributed by atoms with Crippen LogP contribution in [0.2, 0.25) is 0 Å². The molecule has 10 nitrogen and oxygen atoms in total. The summed E-state index contributed by atoms with van der Waals surface area (Å²) in [6, 6.07) is 10.5. The molecule has 3 N–H and O–H groups in total. The van der Waals surface area contributed by atoms with E-state index in [0.29, 0.717) is 65.3 Å². The summed E-state index contributed by atoms with van der Waals surface area (Å²) in [6.45, 7) is 13.3. The fourth-order valence-electron chi connectivity index (χ4n) is 6.09. The van der Waals surface area contributed by atoms with E-state index in [-0.39, 0.29) is 11.4 Å². The highest BCUT2D eigenvalue weighted by atomic mass is 19.1. The van der Waals surface area contributed by atoms with Crippen LogP contribution >= 0.6 is 0 Å². The van der Waals surface area contributed by atoms with Crippen LogP contribution in [-0.4, -0.2) is 79.8 Å². The Kier molecular flexibility index (Phi) is 10.8. The molecule has 2 fully saturated rings. The lowest BCUT2D eigenvalue weighted by Gasteiger charge is -2.34. The maximum absolute atomic E-state index is 14.9. The molecule has 1 aromatic heterocycles. The van der Waals surface area contributed by atoms with Crippen molar-refractivity contribution in [2.75, 3.05) is 51.8 Å². The van der Waals surface area contributed by atoms with Crippen molar-refractivity contribution in [3.63, 3.8) is 0 Å². The van der Waals surface area contributed by atoms with Gasteiger partial charge >= 0.3 is 0 Å². The second-order valence-corrected chi connectivity index (χ2v) is 13.0. The molecule has 2 aromatic carbocycles. The Morgan fingerprint density at radius 2 is 1.94 bits per heavy atom. The number of anilines is 1. The Morgan fingerprint density at radius 3 is 2.62 bits per heavy atom. The third kappa shape index (κ3) is 8.46. The second-order valence-electron chi connectivity index (χ2n) is 13.0. The van der Waals surface area contributed by atoms with E-state index < -0.39 is 23.5 Å². The summed E-state index contributed by atoms with van der Waals surface area (Å²) in [4.78, 5) is 34.1. The number of hydrogen-bond acceptors (Lipinski definition) is 8. The number of nitrogens with one attached hydrogen (secondary N) is 3. The maximum atomic E-state index is 14.9. The number of aryl methyl sites for hydroxylation is 3. The normalized spacial score (nSPS) is 20.4. The van der Waals surface area contributed by atoms with Crippen LogP contribution in [0.1, 0.15) is 75.8 Å². The van der Waals surface area contributed by atoms with E-state index in [1.165, 1.54) is 12.3 Å². The molecule has 0 unspecified atom stereocenters. The molecule has 3 atom stereocenters. The van der Waals surface area contributed by atoms with Crippen LogP contribution in [0.4, 0.5) is 10.2 Å². The summed E-state index contributed by atoms with van der Waals surface area (Å²) in [7, 11) is 1.55. The van der Waals surface area contributed by atoms with Gasteiger partial charge in [0.1, 0.15) is 29.2 Å². The van der Waals surface area contributed by atoms with Gasteiger partial charge < -0.3 is 30.2 Å². The summed E-state index contributed by atoms with van der Waals surface area (Å²) in [5.74, 6) is 0.145. The van der Waals surface area contributed by atoms with Crippen LogP contribution in [0.5, 0.6) is 11.5 Å². The lowest BCUT2D eigenvalue weighted by Crippen LogP contribution is -2.50. The van der Waals surface area contributed by atoms with E-state index in [1.54, 1.807) is 45.2 Å². The second kappa shape index (κ2) is 14.8. The molecule has 0 aliphatic carbocycles. The zero-order valence-corrected chi connectivity index (χ0v) is 28.2. The highest BCUT2D eigenvalue weighted by molar-refractivity contribution is 6.07. The number of piperazine rings is 1. The number of ether oxygens (including phenoxy) is 3. The SMILES string of the molecule is COc1cnc(NC(=O)c2cc(C(=O)NC[C@]3(C)CCCO3)c(O[C@H](CN3CCN[C@H](C)C3)c3ccc(C)c(F)c3)cc2C)c(C)c1. The largest absolute Gasteiger partial charge is 0.495 e. The van der Waals surface area contributed by atoms with Crippen molar-refractivity contribution in [3.05, 3.63) is 81.8 Å². The van der Waals surface area contributed by atoms with Gasteiger partial charge in [-0.15, -0.1) is 0 Å². The van der Waals surface area contributed by atoms with Crippen molar-refractivity contribution >= 4 is 17.6 Å². The summed E-state index contributed by atoms with van der Waals surface area (Å²) < 4.78 is 32.7. The highest BCUT2D eigenvalue weighted by Crippen LogP contribution is 2.32. The van der Waals surface area contributed by atoms with Crippen molar-refractivity contribution in [3.8, 4) is 11.5 Å². The van der Waals surface area contributed by atoms with Gasteiger partial charge in [-0.25, -0.2) is 9.37 Å². The molecule has 47 heavy (non-hydrogen) atoms. The molecule has 2 saturated heterocycles. The van der Waals surface area contributed by atoms with E-state index in [2.05, 4.69) is 32.8 Å². The number of nitrogens with zero attached hydrogens (tertiary/aromatic N) is 2. The van der Waals surface area contributed by atoms with Gasteiger partial charge in [-0.1, -0.05) is 12.1 Å². The van der Waals surface area contributed by atoms with Crippen molar-refractivity contribution in [1.82, 2.24) is 20.5 Å². The summed E-state index contributed by atoms with van der Waals surface area (Å²) >= 11 is 0. The third-order valence-electron chi connectivity index (χ3n) is 8.97. The monoisotopic (exact) mass is 647 g/mol. The topological polar surface area (TPSA) is 114 Å². The minimum Gasteiger partial charge on any atom is -0.495 e. The third-order valence-corrected chi connectivity index (χ3v) is 8.97. The van der Waals surface area contributed by atoms with E-state index in [1.807, 2.05) is 19.9 Å². The van der Waals surface area contributed by atoms with Crippen molar-refractivity contribution < 1.29 is 28.2 Å². The number of halogens is 1. The van der Waals surface area contributed by atoms with Gasteiger partial charge in [0.25, 0.3) is 11.8 Å². The fraction of sp³-hybridized carbons (Fsp3) is 0.472. The van der Waals surface area contributed by atoms with Crippen molar-refractivity contribution in [1.29, 1.82) is 0 Å². The number of rotatable bonds is 11. The first-order valence-corrected chi connectivity index (χ1v) is 16.2. The molecule has 0 saturated carbocycles. The Bertz CT molecular complexity index is 1610. The van der Waals surface area contributed by atoms with Crippen LogP contribution in [0, 0.1) is 26.6 Å². The van der Waals surface area contributed by atoms with Gasteiger partial charge in [-0.3, -0.25) is 14.5 Å². The molecule has 0 radical (unpaired) electrons. The summed E-state index contributed by atoms with van der Waals surface area (Å²) in [5, 5.41) is 9.34. The smallest absolute Gasteiger partial charge is 0.257 e. The summed E-state index contributed by atoms with van der Waals surface area (Å²) in [6.07, 6.45) is 2.71. The van der Waals surface area contributed by atoms with Crippen LogP contribution in [0.3, 0.4) is 0 Å². The van der Waals surface area contributed by atoms with E-state index in [4.69, 9.17) is 14.2 Å². The van der Waals surface area contributed by atoms with Gasteiger partial charge in [-0.05, 0) is 94.0 Å². The average molecular weight is 648 g/mol. The zero-order chi connectivity index (χ0) is 33.7. The van der Waals surface area contributed by atoms with Gasteiger partial charge in [0, 0.05) is 50.9 Å². The number of methoxy groups -OCH3 is 1. The molecule has 0 spiro atoms. The minimum absolute atomic E-state index is 0.202. The molecule has 2 aliphatic heterocycles. The lowest BCUT2D eigenvalue weighted by molar-refractivity contribution is 0.0205. The van der Waals surface area contributed by atoms with Gasteiger partial charge in [0.05, 0.1) is 24.5 Å². The zero-order valence-electron chi connectivity index (χ0n) is 28.2. The predicted molar refractivity (Wildman–Crippen MR) is 179 cm³/mol. The van der Waals surface area contributed by atoms with E-state index >= 15 is 0 Å². The Hall–Kier alpha value is -4.06. The van der Waals surface area contributed by atoms with Gasteiger partial charge in [-0.2, -0.15) is 0 Å². The predicted octanol–water partition coefficient (Wildman–Crippen LogP) is 5.12. The molecule has 5 rings (SSSR count). The summed E-state index contributed by atoms with van der Waals surface area (Å²) in [5.41, 5.74) is 2.58. The molecule has 3 aromatic rings. The first-order valence-electron chi connectivity index (χ1n) is 16.2. The highest BCUT2D eigenvalue weighted by Gasteiger charge is 2.31. The first-order chi connectivity index (χ1) is 22.4. The lowest BCUT2D eigenvalue weighted by atomic mass is 10.00. The molecule has 2 amide bonds. The van der Waals surface area contributed by atoms with Crippen LogP contribution in [0.15, 0.2) is 42.6 Å². The molecule has 0 bridgehead atoms. The number of amides is 2. The quantitative estimate of drug-likeness (QED) is 0.263. The average Bonchev–Trinajstić information content (AvgIpc) is 3.48. The Balaban J connectivity index is 1.49. The fourth-order valence-corrected chi connectivity index (χ4v) is 6.09. The number of benzene rings is 2. The maximum Gasteiger partial charge on any atom is 0.257 e. The molecule has 3 heterocycles. The number of carbonyl (C=O) groups is 2. The standard InChI is InChI=1S/C36H46FN5O5/c1-22-8-9-26(16-30(22)37)32(20-42-12-11-38-25(4)19-42)47-31-15-23(2)28(35(44)41-33-24(3)14-27(45-6)18-39-33)17-29(31)34(43)40-21-36(5)10-7-13-46-36/h8-9,14-18,25,32,38H,7,10-13,19-21H2,1-6H3,(H,40,43)(H,39,41,44)/t25-,32-,36+/m1/s1. The molecular weight excluding hydrogens is 601 g/mol. The molecular formula is C36H46FN5O5. The number of aromatic nitrogens is 1. The number of pyridine rings is 1. The molecule has 252 valence electrons. The first kappa shape index (κ1) is 34.3. The minimum atomic E-state index is -0.581. The van der Waals surface area contributed by atoms with Gasteiger partial charge in [0.2, 0.25) is 0 Å². The van der Waals surface area contributed by atoms with Gasteiger partial charge in [0.15, 0.2) is 0 Å². The van der Waals surface area contributed by atoms with E-state index in [0.717, 1.165) is 38.0 Å². The number of carbonyl (C=O) groups excluding carboxylic acids is 2. The van der Waals surface area contributed by atoms with E-state index in [9.17, 15) is 14.0 Å². The van der Waals surface area contributed by atoms with Crippen LogP contribution in [-0.2, 0) is 4.74 Å². The Morgan fingerprint density at radius 1 is 1.13 bits per heavy atom. The van der Waals surface area contributed by atoms with Crippen molar-refractivity contribution in [2.45, 2.75) is 65.2 Å². The Labute approximate surface area is 276 Å². The van der Waals surface area contributed by atoms with Crippen LogP contribution in [0.25, 0.3) is 0 Å². The molecule has 2 aliphatic rings. The number of hydrogen-bond donors (Lipinski definition) is 3.